The van der Waals surface area contributed by atoms with E-state index < -0.39 is 0 Å². The Labute approximate surface area is 144 Å². The van der Waals surface area contributed by atoms with Crippen molar-refractivity contribution in [2.45, 2.75) is 0 Å². The largest absolute Gasteiger partial charge is 0.481 e. The minimum Gasteiger partial charge on any atom is -0.481 e. The molecule has 0 bridgehead atoms. The number of ether oxygens (including phenoxy) is 2. The summed E-state index contributed by atoms with van der Waals surface area (Å²) in [5, 5.41) is 0. The first-order chi connectivity index (χ1) is 12.2. The number of amides is 1. The molecule has 25 heavy (non-hydrogen) atoms. The molecule has 0 unspecified atom stereocenters. The summed E-state index contributed by atoms with van der Waals surface area (Å²) in [7, 11) is 1.56. The number of oxazole rings is 1. The van der Waals surface area contributed by atoms with Crippen LogP contribution in [0.2, 0.25) is 0 Å². The van der Waals surface area contributed by atoms with Crippen molar-refractivity contribution in [3.05, 3.63) is 42.1 Å². The highest BCUT2D eigenvalue weighted by atomic mass is 16.5. The fourth-order valence-corrected chi connectivity index (χ4v) is 2.76. The Bertz CT molecular complexity index is 898. The van der Waals surface area contributed by atoms with E-state index in [2.05, 4.69) is 9.97 Å². The third-order valence-electron chi connectivity index (χ3n) is 4.13. The average molecular weight is 339 g/mol. The van der Waals surface area contributed by atoms with Crippen molar-refractivity contribution >= 4 is 17.0 Å². The molecule has 0 aliphatic carbocycles. The first-order valence-electron chi connectivity index (χ1n) is 8.02. The summed E-state index contributed by atoms with van der Waals surface area (Å²) in [5.41, 5.74) is 2.62. The van der Waals surface area contributed by atoms with E-state index in [0.717, 1.165) is 5.56 Å². The first-order valence-corrected chi connectivity index (χ1v) is 8.02. The molecule has 1 saturated heterocycles. The maximum atomic E-state index is 12.6. The lowest BCUT2D eigenvalue weighted by Gasteiger charge is -2.26. The molecule has 128 valence electrons. The lowest BCUT2D eigenvalue weighted by atomic mass is 10.1. The first kappa shape index (κ1) is 15.6. The fourth-order valence-electron chi connectivity index (χ4n) is 2.76. The summed E-state index contributed by atoms with van der Waals surface area (Å²) in [6, 6.07) is 8.88. The normalized spacial score (nSPS) is 14.7. The SMILES string of the molecule is COc1ccc(-c2nc3cc(C(=O)N4CCOCC4)ccc3o2)cn1. The fraction of sp³-hybridized carbons (Fsp3) is 0.278. The van der Waals surface area contributed by atoms with Gasteiger partial charge in [-0.3, -0.25) is 4.79 Å². The molecule has 7 heteroatoms. The van der Waals surface area contributed by atoms with Gasteiger partial charge >= 0.3 is 0 Å². The molecule has 3 aromatic rings. The zero-order valence-corrected chi connectivity index (χ0v) is 13.8. The minimum absolute atomic E-state index is 0.0131. The Hall–Kier alpha value is -2.93. The number of morpholine rings is 1. The maximum Gasteiger partial charge on any atom is 0.254 e. The van der Waals surface area contributed by atoms with Crippen LogP contribution >= 0.6 is 0 Å². The molecular formula is C18H17N3O4. The van der Waals surface area contributed by atoms with Gasteiger partial charge in [0.05, 0.1) is 25.9 Å². The molecule has 1 aliphatic heterocycles. The van der Waals surface area contributed by atoms with Crippen molar-refractivity contribution in [3.63, 3.8) is 0 Å². The van der Waals surface area contributed by atoms with Crippen molar-refractivity contribution in [2.75, 3.05) is 33.4 Å². The Kier molecular flexibility index (Phi) is 4.07. The quantitative estimate of drug-likeness (QED) is 0.729. The third-order valence-corrected chi connectivity index (χ3v) is 4.13. The number of hydrogen-bond donors (Lipinski definition) is 0. The van der Waals surface area contributed by atoms with Crippen molar-refractivity contribution in [2.24, 2.45) is 0 Å². The molecule has 0 N–H and O–H groups in total. The number of fused-ring (bicyclic) bond motifs is 1. The number of rotatable bonds is 3. The van der Waals surface area contributed by atoms with E-state index in [0.29, 0.717) is 54.7 Å². The van der Waals surface area contributed by atoms with Crippen molar-refractivity contribution in [1.82, 2.24) is 14.9 Å². The number of carbonyl (C=O) groups excluding carboxylic acids is 1. The lowest BCUT2D eigenvalue weighted by Crippen LogP contribution is -2.40. The van der Waals surface area contributed by atoms with E-state index in [1.165, 1.54) is 0 Å². The summed E-state index contributed by atoms with van der Waals surface area (Å²) < 4.78 is 16.1. The van der Waals surface area contributed by atoms with E-state index in [4.69, 9.17) is 13.9 Å². The van der Waals surface area contributed by atoms with E-state index >= 15 is 0 Å². The highest BCUT2D eigenvalue weighted by Crippen LogP contribution is 2.25. The third kappa shape index (κ3) is 3.06. The number of methoxy groups -OCH3 is 1. The van der Waals surface area contributed by atoms with E-state index in [1.807, 2.05) is 6.07 Å². The van der Waals surface area contributed by atoms with Gasteiger partial charge in [0.2, 0.25) is 11.8 Å². The predicted molar refractivity (Wildman–Crippen MR) is 90.5 cm³/mol. The van der Waals surface area contributed by atoms with E-state index in [9.17, 15) is 4.79 Å². The highest BCUT2D eigenvalue weighted by molar-refractivity contribution is 5.97. The molecule has 0 atom stereocenters. The number of nitrogens with zero attached hydrogens (tertiary/aromatic N) is 3. The molecule has 7 nitrogen and oxygen atoms in total. The molecule has 1 aliphatic rings. The van der Waals surface area contributed by atoms with Crippen molar-refractivity contribution in [1.29, 1.82) is 0 Å². The molecular weight excluding hydrogens is 322 g/mol. The maximum absolute atomic E-state index is 12.6. The van der Waals surface area contributed by atoms with Crippen LogP contribution in [0.25, 0.3) is 22.6 Å². The van der Waals surface area contributed by atoms with Crippen LogP contribution < -0.4 is 4.74 Å². The van der Waals surface area contributed by atoms with Gasteiger partial charge in [0.15, 0.2) is 5.58 Å². The molecule has 0 radical (unpaired) electrons. The second kappa shape index (κ2) is 6.52. The molecule has 0 saturated carbocycles. The van der Waals surface area contributed by atoms with Gasteiger partial charge in [0.25, 0.3) is 5.91 Å². The molecule has 1 amide bonds. The van der Waals surface area contributed by atoms with Crippen molar-refractivity contribution in [3.8, 4) is 17.3 Å². The number of hydrogen-bond acceptors (Lipinski definition) is 6. The summed E-state index contributed by atoms with van der Waals surface area (Å²) in [6.07, 6.45) is 1.64. The van der Waals surface area contributed by atoms with Crippen LogP contribution in [0.15, 0.2) is 40.9 Å². The number of benzene rings is 1. The van der Waals surface area contributed by atoms with E-state index in [-0.39, 0.29) is 5.91 Å². The van der Waals surface area contributed by atoms with Gasteiger partial charge in [-0.15, -0.1) is 0 Å². The Morgan fingerprint density at radius 1 is 1.20 bits per heavy atom. The zero-order chi connectivity index (χ0) is 17.2. The summed E-state index contributed by atoms with van der Waals surface area (Å²) in [6.45, 7) is 2.37. The van der Waals surface area contributed by atoms with Crippen molar-refractivity contribution < 1.29 is 18.7 Å². The number of carbonyl (C=O) groups is 1. The second-order valence-electron chi connectivity index (χ2n) is 5.70. The number of pyridine rings is 1. The van der Waals surface area contributed by atoms with E-state index in [1.54, 1.807) is 42.5 Å². The Balaban J connectivity index is 1.63. The molecule has 2 aromatic heterocycles. The molecule has 3 heterocycles. The monoisotopic (exact) mass is 339 g/mol. The van der Waals surface area contributed by atoms with Crippen LogP contribution in [0.4, 0.5) is 0 Å². The van der Waals surface area contributed by atoms with Gasteiger partial charge in [-0.25, -0.2) is 9.97 Å². The van der Waals surface area contributed by atoms with Gasteiger partial charge in [-0.05, 0) is 24.3 Å². The predicted octanol–water partition coefficient (Wildman–Crippen LogP) is 2.37. The van der Waals surface area contributed by atoms with Crippen LogP contribution in [-0.4, -0.2) is 54.2 Å². The van der Waals surface area contributed by atoms with Crippen LogP contribution in [0, 0.1) is 0 Å². The highest BCUT2D eigenvalue weighted by Gasteiger charge is 2.19. The van der Waals surface area contributed by atoms with Crippen LogP contribution in [0.5, 0.6) is 5.88 Å². The van der Waals surface area contributed by atoms with Crippen LogP contribution in [0.1, 0.15) is 10.4 Å². The molecule has 1 fully saturated rings. The van der Waals surface area contributed by atoms with Gasteiger partial charge in [-0.1, -0.05) is 0 Å². The standard InChI is InChI=1S/C18H17N3O4/c1-23-16-5-3-13(11-19-16)17-20-14-10-12(2-4-15(14)25-17)18(22)21-6-8-24-9-7-21/h2-5,10-11H,6-9H2,1H3. The Morgan fingerprint density at radius 2 is 2.04 bits per heavy atom. The average Bonchev–Trinajstić information content (AvgIpc) is 3.11. The molecule has 4 rings (SSSR count). The second-order valence-corrected chi connectivity index (χ2v) is 5.70. The van der Waals surface area contributed by atoms with Gasteiger partial charge < -0.3 is 18.8 Å². The Morgan fingerprint density at radius 3 is 2.76 bits per heavy atom. The molecule has 1 aromatic carbocycles. The van der Waals surface area contributed by atoms with Gasteiger partial charge in [-0.2, -0.15) is 0 Å². The topological polar surface area (TPSA) is 77.7 Å². The summed E-state index contributed by atoms with van der Waals surface area (Å²) in [5.74, 6) is 0.972. The lowest BCUT2D eigenvalue weighted by molar-refractivity contribution is 0.0303. The number of aromatic nitrogens is 2. The van der Waals surface area contributed by atoms with Crippen LogP contribution in [-0.2, 0) is 4.74 Å². The van der Waals surface area contributed by atoms with Gasteiger partial charge in [0, 0.05) is 30.9 Å². The summed E-state index contributed by atoms with van der Waals surface area (Å²) >= 11 is 0. The minimum atomic E-state index is -0.0131. The smallest absolute Gasteiger partial charge is 0.254 e. The molecule has 0 spiro atoms. The summed E-state index contributed by atoms with van der Waals surface area (Å²) in [4.78, 5) is 23.0. The zero-order valence-electron chi connectivity index (χ0n) is 13.8. The van der Waals surface area contributed by atoms with Crippen LogP contribution in [0.3, 0.4) is 0 Å². The van der Waals surface area contributed by atoms with Gasteiger partial charge in [0.1, 0.15) is 5.52 Å².